The Morgan fingerprint density at radius 2 is 2.00 bits per heavy atom. The molecule has 132 valence electrons. The molecule has 1 heterocycles. The zero-order valence-electron chi connectivity index (χ0n) is 13.1. The summed E-state index contributed by atoms with van der Waals surface area (Å²) >= 11 is 0. The predicted molar refractivity (Wildman–Crippen MR) is 80.8 cm³/mol. The van der Waals surface area contributed by atoms with E-state index >= 15 is 0 Å². The Hall–Kier alpha value is -1.93. The highest BCUT2D eigenvalue weighted by atomic mass is 19.4. The van der Waals surface area contributed by atoms with Crippen molar-refractivity contribution in [1.82, 2.24) is 5.01 Å². The second kappa shape index (κ2) is 6.90. The number of hydrogen-bond acceptors (Lipinski definition) is 4. The number of alkyl halides is 3. The molecule has 1 aromatic rings. The van der Waals surface area contributed by atoms with E-state index in [-0.39, 0.29) is 22.7 Å². The Labute approximate surface area is 137 Å². The van der Waals surface area contributed by atoms with E-state index < -0.39 is 30.3 Å². The molecule has 0 unspecified atom stereocenters. The summed E-state index contributed by atoms with van der Waals surface area (Å²) in [5.74, 6) is -1.31. The second-order valence-electron chi connectivity index (χ2n) is 5.72. The molecular formula is C16H19F3N2O3. The van der Waals surface area contributed by atoms with Crippen LogP contribution in [0.25, 0.3) is 0 Å². The molecule has 0 spiro atoms. The third-order valence-electron chi connectivity index (χ3n) is 3.87. The molecule has 2 rings (SSSR count). The van der Waals surface area contributed by atoms with E-state index in [2.05, 4.69) is 5.10 Å². The first-order chi connectivity index (χ1) is 11.2. The normalized spacial score (nSPS) is 22.4. The molecule has 0 saturated carbocycles. The first kappa shape index (κ1) is 18.4. The summed E-state index contributed by atoms with van der Waals surface area (Å²) in [5.41, 5.74) is -3.21. The molecule has 0 saturated heterocycles. The number of benzene rings is 1. The van der Waals surface area contributed by atoms with Crippen LogP contribution in [0, 0.1) is 0 Å². The van der Waals surface area contributed by atoms with Crippen molar-refractivity contribution in [3.63, 3.8) is 0 Å². The van der Waals surface area contributed by atoms with E-state index in [4.69, 9.17) is 0 Å². The van der Waals surface area contributed by atoms with E-state index in [9.17, 15) is 28.2 Å². The average Bonchev–Trinajstić information content (AvgIpc) is 2.90. The minimum Gasteiger partial charge on any atom is -0.378 e. The monoisotopic (exact) mass is 344 g/mol. The zero-order valence-corrected chi connectivity index (χ0v) is 13.1. The number of aliphatic hydroxyl groups excluding tert-OH is 1. The molecule has 24 heavy (non-hydrogen) atoms. The second-order valence-corrected chi connectivity index (χ2v) is 5.72. The van der Waals surface area contributed by atoms with Crippen LogP contribution in [-0.4, -0.2) is 38.7 Å². The van der Waals surface area contributed by atoms with Crippen molar-refractivity contribution >= 4 is 11.6 Å². The topological polar surface area (TPSA) is 73.1 Å². The van der Waals surface area contributed by atoms with Gasteiger partial charge in [-0.3, -0.25) is 4.79 Å². The van der Waals surface area contributed by atoms with E-state index in [1.165, 1.54) is 12.1 Å². The van der Waals surface area contributed by atoms with Crippen LogP contribution in [-0.2, 0) is 4.79 Å². The first-order valence-electron chi connectivity index (χ1n) is 7.63. The number of halogens is 3. The average molecular weight is 344 g/mol. The van der Waals surface area contributed by atoms with Gasteiger partial charge in [-0.05, 0) is 18.4 Å². The van der Waals surface area contributed by atoms with Gasteiger partial charge in [-0.2, -0.15) is 23.3 Å². The molecule has 2 atom stereocenters. The van der Waals surface area contributed by atoms with Crippen LogP contribution in [0.4, 0.5) is 13.2 Å². The van der Waals surface area contributed by atoms with Crippen LogP contribution in [0.2, 0.25) is 0 Å². The molecule has 0 fully saturated rings. The molecule has 0 aromatic heterocycles. The van der Waals surface area contributed by atoms with Gasteiger partial charge in [0.2, 0.25) is 0 Å². The van der Waals surface area contributed by atoms with Crippen LogP contribution in [0.5, 0.6) is 0 Å². The van der Waals surface area contributed by atoms with Crippen molar-refractivity contribution in [2.45, 2.75) is 50.6 Å². The lowest BCUT2D eigenvalue weighted by Crippen LogP contribution is -2.57. The van der Waals surface area contributed by atoms with Crippen molar-refractivity contribution in [3.8, 4) is 0 Å². The Morgan fingerprint density at radius 3 is 2.54 bits per heavy atom. The molecule has 8 heteroatoms. The Balaban J connectivity index is 2.31. The van der Waals surface area contributed by atoms with Crippen molar-refractivity contribution < 1.29 is 28.2 Å². The number of aliphatic hydroxyl groups is 2. The van der Waals surface area contributed by atoms with E-state index in [0.29, 0.717) is 6.42 Å². The number of carbonyl (C=O) groups excluding carboxylic acids is 1. The molecule has 1 aliphatic heterocycles. The van der Waals surface area contributed by atoms with Gasteiger partial charge in [-0.1, -0.05) is 43.7 Å². The summed E-state index contributed by atoms with van der Waals surface area (Å²) in [6.45, 7) is 1.87. The molecule has 1 aliphatic rings. The van der Waals surface area contributed by atoms with Gasteiger partial charge in [0.05, 0.1) is 0 Å². The maximum atomic E-state index is 13.3. The molecule has 0 bridgehead atoms. The minimum atomic E-state index is -5.09. The SMILES string of the molecule is CCCCC1=NN(C(=O)[C@H](O)c2ccccc2)[C@](O)(C(F)(F)F)C1. The highest BCUT2D eigenvalue weighted by Gasteiger charge is 2.63. The Kier molecular flexibility index (Phi) is 5.29. The quantitative estimate of drug-likeness (QED) is 0.863. The molecular weight excluding hydrogens is 325 g/mol. The van der Waals surface area contributed by atoms with Gasteiger partial charge in [-0.25, -0.2) is 0 Å². The van der Waals surface area contributed by atoms with Gasteiger partial charge in [-0.15, -0.1) is 0 Å². The van der Waals surface area contributed by atoms with Gasteiger partial charge in [0.25, 0.3) is 11.6 Å². The number of unbranched alkanes of at least 4 members (excludes halogenated alkanes) is 1. The van der Waals surface area contributed by atoms with Crippen LogP contribution in [0.3, 0.4) is 0 Å². The third kappa shape index (κ3) is 3.44. The predicted octanol–water partition coefficient (Wildman–Crippen LogP) is 2.75. The molecule has 1 amide bonds. The molecule has 0 aliphatic carbocycles. The smallest absolute Gasteiger partial charge is 0.378 e. The van der Waals surface area contributed by atoms with Crippen LogP contribution >= 0.6 is 0 Å². The van der Waals surface area contributed by atoms with Crippen LogP contribution in [0.15, 0.2) is 35.4 Å². The summed E-state index contributed by atoms with van der Waals surface area (Å²) in [5, 5.41) is 23.8. The fourth-order valence-corrected chi connectivity index (χ4v) is 2.48. The maximum absolute atomic E-state index is 13.3. The van der Waals surface area contributed by atoms with E-state index in [1.54, 1.807) is 18.2 Å². The molecule has 2 N–H and O–H groups in total. The number of hydrogen-bond donors (Lipinski definition) is 2. The number of amides is 1. The Morgan fingerprint density at radius 1 is 1.38 bits per heavy atom. The first-order valence-corrected chi connectivity index (χ1v) is 7.63. The summed E-state index contributed by atoms with van der Waals surface area (Å²) in [6, 6.07) is 7.55. The van der Waals surface area contributed by atoms with Gasteiger partial charge in [0.1, 0.15) is 0 Å². The van der Waals surface area contributed by atoms with Gasteiger partial charge in [0, 0.05) is 12.1 Å². The van der Waals surface area contributed by atoms with Gasteiger partial charge >= 0.3 is 6.18 Å². The zero-order chi connectivity index (χ0) is 18.0. The standard InChI is InChI=1S/C16H19F3N2O3/c1-2-3-9-12-10-15(24,16(17,18)19)21(20-12)14(23)13(22)11-7-5-4-6-8-11/h4-8,13,22,24H,2-3,9-10H2,1H3/t13-,15-/m1/s1. The third-order valence-corrected chi connectivity index (χ3v) is 3.87. The highest BCUT2D eigenvalue weighted by Crippen LogP contribution is 2.42. The molecule has 0 radical (unpaired) electrons. The fourth-order valence-electron chi connectivity index (χ4n) is 2.48. The van der Waals surface area contributed by atoms with Crippen molar-refractivity contribution in [2.75, 3.05) is 0 Å². The van der Waals surface area contributed by atoms with Gasteiger partial charge in [0.15, 0.2) is 6.10 Å². The number of carbonyl (C=O) groups is 1. The fraction of sp³-hybridized carbons (Fsp3) is 0.500. The molecule has 1 aromatic carbocycles. The maximum Gasteiger partial charge on any atom is 0.438 e. The summed E-state index contributed by atoms with van der Waals surface area (Å²) in [6.07, 6.45) is -6.14. The lowest BCUT2D eigenvalue weighted by molar-refractivity contribution is -0.303. The van der Waals surface area contributed by atoms with Crippen LogP contribution in [0.1, 0.15) is 44.3 Å². The Bertz CT molecular complexity index is 619. The van der Waals surface area contributed by atoms with Crippen molar-refractivity contribution in [3.05, 3.63) is 35.9 Å². The van der Waals surface area contributed by atoms with Crippen molar-refractivity contribution in [2.24, 2.45) is 5.10 Å². The van der Waals surface area contributed by atoms with E-state index in [0.717, 1.165) is 6.42 Å². The number of nitrogens with zero attached hydrogens (tertiary/aromatic N) is 2. The summed E-state index contributed by atoms with van der Waals surface area (Å²) in [7, 11) is 0. The number of rotatable bonds is 5. The van der Waals surface area contributed by atoms with E-state index in [1.807, 2.05) is 6.92 Å². The lowest BCUT2D eigenvalue weighted by Gasteiger charge is -2.33. The highest BCUT2D eigenvalue weighted by molar-refractivity contribution is 5.92. The summed E-state index contributed by atoms with van der Waals surface area (Å²) in [4.78, 5) is 12.3. The number of hydrazone groups is 1. The molecule has 5 nitrogen and oxygen atoms in total. The summed E-state index contributed by atoms with van der Waals surface area (Å²) < 4.78 is 40.0. The lowest BCUT2D eigenvalue weighted by atomic mass is 10.0. The minimum absolute atomic E-state index is 0.0182. The van der Waals surface area contributed by atoms with Crippen molar-refractivity contribution in [1.29, 1.82) is 0 Å². The van der Waals surface area contributed by atoms with Gasteiger partial charge < -0.3 is 10.2 Å². The van der Waals surface area contributed by atoms with Crippen LogP contribution < -0.4 is 0 Å². The largest absolute Gasteiger partial charge is 0.438 e.